The molecule has 2 N–H and O–H groups in total. The zero-order chi connectivity index (χ0) is 15.5. The normalized spacial score (nSPS) is 26.0. The summed E-state index contributed by atoms with van der Waals surface area (Å²) in [6.07, 6.45) is 3.16. The number of hydrogen-bond acceptors (Lipinski definition) is 3. The highest BCUT2D eigenvalue weighted by atomic mass is 32.2. The maximum atomic E-state index is 12.9. The number of thioether (sulfide) groups is 1. The molecule has 1 fully saturated rings. The van der Waals surface area contributed by atoms with Crippen molar-refractivity contribution in [1.82, 2.24) is 5.32 Å². The second-order valence-electron chi connectivity index (χ2n) is 5.98. The molecular weight excluding hydrogens is 289 g/mol. The Bertz CT molecular complexity index is 492. The fraction of sp³-hybridized carbons (Fsp3) is 0.562. The lowest BCUT2D eigenvalue weighted by molar-refractivity contribution is -0.146. The predicted octanol–water partition coefficient (Wildman–Crippen LogP) is 3.68. The van der Waals surface area contributed by atoms with E-state index in [-0.39, 0.29) is 17.1 Å². The van der Waals surface area contributed by atoms with Gasteiger partial charge in [0.2, 0.25) is 0 Å². The molecule has 2 unspecified atom stereocenters. The Morgan fingerprint density at radius 2 is 2.10 bits per heavy atom. The second-order valence-corrected chi connectivity index (χ2v) is 7.35. The number of hydrogen-bond donors (Lipinski definition) is 2. The Hall–Kier alpha value is -1.07. The number of nitrogens with one attached hydrogen (secondary N) is 1. The summed E-state index contributed by atoms with van der Waals surface area (Å²) in [5, 5.41) is 13.1. The van der Waals surface area contributed by atoms with Crippen molar-refractivity contribution >= 4 is 17.7 Å². The van der Waals surface area contributed by atoms with Crippen LogP contribution in [0, 0.1) is 5.82 Å². The molecule has 1 aliphatic carbocycles. The first-order chi connectivity index (χ1) is 9.91. The minimum Gasteiger partial charge on any atom is -0.480 e. The molecule has 0 radical (unpaired) electrons. The van der Waals surface area contributed by atoms with Crippen LogP contribution >= 0.6 is 11.8 Å². The molecule has 116 valence electrons. The van der Waals surface area contributed by atoms with Crippen LogP contribution in [0.4, 0.5) is 4.39 Å². The van der Waals surface area contributed by atoms with Gasteiger partial charge in [0.15, 0.2) is 0 Å². The van der Waals surface area contributed by atoms with Gasteiger partial charge in [-0.05, 0) is 63.8 Å². The summed E-state index contributed by atoms with van der Waals surface area (Å²) in [5.41, 5.74) is -0.829. The quantitative estimate of drug-likeness (QED) is 0.871. The van der Waals surface area contributed by atoms with Crippen LogP contribution in [0.15, 0.2) is 29.2 Å². The van der Waals surface area contributed by atoms with E-state index in [2.05, 4.69) is 5.32 Å². The van der Waals surface area contributed by atoms with E-state index in [9.17, 15) is 14.3 Å². The minimum atomic E-state index is -0.829. The smallest absolute Gasteiger partial charge is 0.323 e. The van der Waals surface area contributed by atoms with E-state index in [1.54, 1.807) is 23.9 Å². The molecule has 1 aromatic rings. The molecule has 0 aliphatic heterocycles. The summed E-state index contributed by atoms with van der Waals surface area (Å²) in [4.78, 5) is 12.7. The summed E-state index contributed by atoms with van der Waals surface area (Å²) in [6.45, 7) is 3.95. The number of rotatable bonds is 5. The summed E-state index contributed by atoms with van der Waals surface area (Å²) in [6, 6.07) is 6.54. The first kappa shape index (κ1) is 16.3. The van der Waals surface area contributed by atoms with E-state index in [4.69, 9.17) is 0 Å². The number of carbonyl (C=O) groups is 1. The van der Waals surface area contributed by atoms with Crippen LogP contribution in [0.2, 0.25) is 0 Å². The minimum absolute atomic E-state index is 0.135. The van der Waals surface area contributed by atoms with Gasteiger partial charge in [-0.3, -0.25) is 10.1 Å². The summed E-state index contributed by atoms with van der Waals surface area (Å²) >= 11 is 1.65. The Labute approximate surface area is 129 Å². The highest BCUT2D eigenvalue weighted by Crippen LogP contribution is 2.38. The van der Waals surface area contributed by atoms with Gasteiger partial charge in [-0.15, -0.1) is 11.8 Å². The fourth-order valence-electron chi connectivity index (χ4n) is 2.97. The molecule has 5 heteroatoms. The van der Waals surface area contributed by atoms with E-state index in [1.165, 1.54) is 12.1 Å². The number of halogens is 1. The highest BCUT2D eigenvalue weighted by molar-refractivity contribution is 8.00. The molecular formula is C16H22FNO2S. The Balaban J connectivity index is 2.08. The van der Waals surface area contributed by atoms with Gasteiger partial charge in [0.25, 0.3) is 0 Å². The van der Waals surface area contributed by atoms with Crippen LogP contribution in [-0.2, 0) is 4.79 Å². The molecule has 3 nitrogen and oxygen atoms in total. The van der Waals surface area contributed by atoms with E-state index in [0.29, 0.717) is 12.8 Å². The van der Waals surface area contributed by atoms with Crippen LogP contribution < -0.4 is 5.32 Å². The van der Waals surface area contributed by atoms with Crippen molar-refractivity contribution in [3.05, 3.63) is 30.1 Å². The number of carboxylic acid groups (broad SMARTS) is 1. The molecule has 1 aromatic carbocycles. The Kier molecular flexibility index (Phi) is 5.27. The molecule has 0 amide bonds. The van der Waals surface area contributed by atoms with E-state index in [0.717, 1.165) is 17.7 Å². The lowest BCUT2D eigenvalue weighted by Gasteiger charge is -2.39. The van der Waals surface area contributed by atoms with Crippen molar-refractivity contribution in [1.29, 1.82) is 0 Å². The molecule has 1 saturated carbocycles. The van der Waals surface area contributed by atoms with Gasteiger partial charge in [0.05, 0.1) is 0 Å². The van der Waals surface area contributed by atoms with Gasteiger partial charge in [-0.25, -0.2) is 4.39 Å². The van der Waals surface area contributed by atoms with Crippen molar-refractivity contribution in [2.75, 3.05) is 0 Å². The first-order valence-corrected chi connectivity index (χ1v) is 8.22. The van der Waals surface area contributed by atoms with Crippen molar-refractivity contribution in [2.24, 2.45) is 0 Å². The standard InChI is InChI=1S/C16H22FNO2S/c1-11(2)18-16(15(19)20)9-3-4-14(10-16)21-13-7-5-12(17)6-8-13/h5-8,11,14,18H,3-4,9-10H2,1-2H3,(H,19,20). The van der Waals surface area contributed by atoms with Gasteiger partial charge >= 0.3 is 5.97 Å². The molecule has 2 atom stereocenters. The van der Waals surface area contributed by atoms with E-state index < -0.39 is 11.5 Å². The molecule has 0 saturated heterocycles. The van der Waals surface area contributed by atoms with Crippen LogP contribution in [0.5, 0.6) is 0 Å². The SMILES string of the molecule is CC(C)NC1(C(=O)O)CCCC(Sc2ccc(F)cc2)C1. The Morgan fingerprint density at radius 3 is 2.67 bits per heavy atom. The maximum absolute atomic E-state index is 12.9. The third kappa shape index (κ3) is 4.20. The molecule has 21 heavy (non-hydrogen) atoms. The van der Waals surface area contributed by atoms with Gasteiger partial charge < -0.3 is 5.11 Å². The zero-order valence-electron chi connectivity index (χ0n) is 12.4. The number of carboxylic acids is 1. The monoisotopic (exact) mass is 311 g/mol. The number of benzene rings is 1. The van der Waals surface area contributed by atoms with Gasteiger partial charge in [0, 0.05) is 16.2 Å². The first-order valence-electron chi connectivity index (χ1n) is 7.34. The number of aliphatic carboxylic acids is 1. The summed E-state index contributed by atoms with van der Waals surface area (Å²) in [7, 11) is 0. The van der Waals surface area contributed by atoms with Crippen molar-refractivity contribution in [3.8, 4) is 0 Å². The summed E-state index contributed by atoms with van der Waals surface area (Å²) < 4.78 is 12.9. The largest absolute Gasteiger partial charge is 0.480 e. The van der Waals surface area contributed by atoms with Crippen LogP contribution in [0.3, 0.4) is 0 Å². The van der Waals surface area contributed by atoms with Crippen molar-refractivity contribution in [3.63, 3.8) is 0 Å². The van der Waals surface area contributed by atoms with Crippen molar-refractivity contribution < 1.29 is 14.3 Å². The van der Waals surface area contributed by atoms with Crippen molar-refractivity contribution in [2.45, 2.75) is 61.3 Å². The molecule has 0 heterocycles. The fourth-order valence-corrected chi connectivity index (χ4v) is 4.30. The van der Waals surface area contributed by atoms with Gasteiger partial charge in [-0.1, -0.05) is 0 Å². The average molecular weight is 311 g/mol. The molecule has 1 aliphatic rings. The maximum Gasteiger partial charge on any atom is 0.323 e. The van der Waals surface area contributed by atoms with E-state index >= 15 is 0 Å². The molecule has 0 bridgehead atoms. The Morgan fingerprint density at radius 1 is 1.43 bits per heavy atom. The van der Waals surface area contributed by atoms with Gasteiger partial charge in [0.1, 0.15) is 11.4 Å². The van der Waals surface area contributed by atoms with E-state index in [1.807, 2.05) is 13.8 Å². The third-order valence-corrected chi connectivity index (χ3v) is 5.08. The van der Waals surface area contributed by atoms with Gasteiger partial charge in [-0.2, -0.15) is 0 Å². The predicted molar refractivity (Wildman–Crippen MR) is 83.2 cm³/mol. The zero-order valence-corrected chi connectivity index (χ0v) is 13.3. The summed E-state index contributed by atoms with van der Waals surface area (Å²) in [5.74, 6) is -1.01. The molecule has 2 rings (SSSR count). The second kappa shape index (κ2) is 6.79. The lowest BCUT2D eigenvalue weighted by Crippen LogP contribution is -2.57. The highest BCUT2D eigenvalue weighted by Gasteiger charge is 2.43. The van der Waals surface area contributed by atoms with Crippen LogP contribution in [0.1, 0.15) is 39.5 Å². The molecule has 0 spiro atoms. The molecule has 0 aromatic heterocycles. The van der Waals surface area contributed by atoms with Crippen LogP contribution in [-0.4, -0.2) is 27.9 Å². The topological polar surface area (TPSA) is 49.3 Å². The average Bonchev–Trinajstić information content (AvgIpc) is 2.41. The van der Waals surface area contributed by atoms with Crippen LogP contribution in [0.25, 0.3) is 0 Å². The third-order valence-electron chi connectivity index (χ3n) is 3.80. The lowest BCUT2D eigenvalue weighted by atomic mass is 9.81.